The number of rotatable bonds is 9. The summed E-state index contributed by atoms with van der Waals surface area (Å²) in [5, 5.41) is 0. The first kappa shape index (κ1) is 13.9. The Bertz CT molecular complexity index is 180. The van der Waals surface area contributed by atoms with Crippen LogP contribution in [0, 0.1) is 0 Å². The minimum Gasteiger partial charge on any atom is -0.379 e. The molecule has 0 radical (unpaired) electrons. The summed E-state index contributed by atoms with van der Waals surface area (Å²) in [5.41, 5.74) is -0.277. The summed E-state index contributed by atoms with van der Waals surface area (Å²) in [5.74, 6) is 0. The van der Waals surface area contributed by atoms with Gasteiger partial charge in [0, 0.05) is 26.2 Å². The summed E-state index contributed by atoms with van der Waals surface area (Å²) in [7, 11) is 0. The smallest absolute Gasteiger partial charge is 0.122 e. The van der Waals surface area contributed by atoms with E-state index in [9.17, 15) is 0 Å². The van der Waals surface area contributed by atoms with E-state index in [-0.39, 0.29) is 11.7 Å². The van der Waals surface area contributed by atoms with Crippen LogP contribution in [-0.4, -0.2) is 51.3 Å². The summed E-state index contributed by atoms with van der Waals surface area (Å²) in [6.45, 7) is 10.0. The topological polar surface area (TPSA) is 36.9 Å². The molecule has 2 atom stereocenters. The van der Waals surface area contributed by atoms with E-state index in [2.05, 4.69) is 0 Å². The first-order chi connectivity index (χ1) is 7.79. The molecule has 0 aromatic heterocycles. The van der Waals surface area contributed by atoms with Crippen LogP contribution < -0.4 is 0 Å². The Hall–Kier alpha value is -0.160. The molecule has 0 bridgehead atoms. The van der Waals surface area contributed by atoms with E-state index in [4.69, 9.17) is 18.9 Å². The summed E-state index contributed by atoms with van der Waals surface area (Å²) in [4.78, 5) is 0. The fraction of sp³-hybridized carbons (Fsp3) is 1.00. The Morgan fingerprint density at radius 1 is 1.12 bits per heavy atom. The molecule has 4 nitrogen and oxygen atoms in total. The van der Waals surface area contributed by atoms with Crippen molar-refractivity contribution in [3.05, 3.63) is 0 Å². The first-order valence-electron chi connectivity index (χ1n) is 6.20. The van der Waals surface area contributed by atoms with Crippen molar-refractivity contribution in [2.75, 3.05) is 39.6 Å². The van der Waals surface area contributed by atoms with Crippen LogP contribution in [0.5, 0.6) is 0 Å². The summed E-state index contributed by atoms with van der Waals surface area (Å²) in [6, 6.07) is 0. The normalized spacial score (nSPS) is 26.4. The Balaban J connectivity index is 2.49. The van der Waals surface area contributed by atoms with Crippen molar-refractivity contribution in [2.45, 2.75) is 38.9 Å². The molecule has 1 rings (SSSR count). The summed E-state index contributed by atoms with van der Waals surface area (Å²) < 4.78 is 22.4. The standard InChI is InChI=1S/C12H24O4/c1-4-13-9-11(15-6-3)12(7-8-16-12)10-14-5-2/h11H,4-10H2,1-3H3. The number of hydrogen-bond donors (Lipinski definition) is 0. The third-order valence-electron chi connectivity index (χ3n) is 2.89. The Kier molecular flexibility index (Phi) is 6.28. The first-order valence-corrected chi connectivity index (χ1v) is 6.20. The quantitative estimate of drug-likeness (QED) is 0.605. The highest BCUT2D eigenvalue weighted by Crippen LogP contribution is 2.32. The lowest BCUT2D eigenvalue weighted by Gasteiger charge is -2.46. The van der Waals surface area contributed by atoms with Gasteiger partial charge in [0.25, 0.3) is 0 Å². The van der Waals surface area contributed by atoms with Crippen molar-refractivity contribution in [2.24, 2.45) is 0 Å². The second-order valence-electron chi connectivity index (χ2n) is 3.90. The molecule has 1 heterocycles. The lowest BCUT2D eigenvalue weighted by molar-refractivity contribution is -0.249. The molecule has 4 heteroatoms. The van der Waals surface area contributed by atoms with Gasteiger partial charge in [-0.1, -0.05) is 0 Å². The third-order valence-corrected chi connectivity index (χ3v) is 2.89. The van der Waals surface area contributed by atoms with Crippen LogP contribution in [0.3, 0.4) is 0 Å². The Labute approximate surface area is 98.2 Å². The van der Waals surface area contributed by atoms with Crippen molar-refractivity contribution in [1.82, 2.24) is 0 Å². The zero-order chi connectivity index (χ0) is 11.9. The SMILES string of the molecule is CCOCC(OCC)C1(COCC)CCO1. The molecule has 1 fully saturated rings. The molecule has 0 N–H and O–H groups in total. The predicted octanol–water partition coefficient (Wildman–Crippen LogP) is 1.62. The summed E-state index contributed by atoms with van der Waals surface area (Å²) >= 11 is 0. The van der Waals surface area contributed by atoms with Crippen molar-refractivity contribution in [3.63, 3.8) is 0 Å². The van der Waals surface area contributed by atoms with Gasteiger partial charge in [0.15, 0.2) is 0 Å². The van der Waals surface area contributed by atoms with E-state index >= 15 is 0 Å². The van der Waals surface area contributed by atoms with Gasteiger partial charge in [-0.3, -0.25) is 0 Å². The van der Waals surface area contributed by atoms with Gasteiger partial charge in [-0.2, -0.15) is 0 Å². The lowest BCUT2D eigenvalue weighted by Crippen LogP contribution is -2.59. The maximum absolute atomic E-state index is 5.72. The average molecular weight is 232 g/mol. The van der Waals surface area contributed by atoms with Crippen molar-refractivity contribution in [3.8, 4) is 0 Å². The van der Waals surface area contributed by atoms with Gasteiger partial charge in [0.2, 0.25) is 0 Å². The molecule has 0 saturated carbocycles. The van der Waals surface area contributed by atoms with Crippen LogP contribution in [0.4, 0.5) is 0 Å². The maximum atomic E-state index is 5.72. The molecule has 0 amide bonds. The van der Waals surface area contributed by atoms with Gasteiger partial charge < -0.3 is 18.9 Å². The highest BCUT2D eigenvalue weighted by molar-refractivity contribution is 4.95. The number of hydrogen-bond acceptors (Lipinski definition) is 4. The molecule has 0 aliphatic carbocycles. The lowest BCUT2D eigenvalue weighted by atomic mass is 9.89. The second-order valence-corrected chi connectivity index (χ2v) is 3.90. The molecule has 1 aliphatic heterocycles. The molecular formula is C12H24O4. The highest BCUT2D eigenvalue weighted by Gasteiger charge is 2.46. The molecule has 1 aliphatic rings. The fourth-order valence-electron chi connectivity index (χ4n) is 1.88. The van der Waals surface area contributed by atoms with Gasteiger partial charge in [-0.25, -0.2) is 0 Å². The molecule has 0 aromatic carbocycles. The Morgan fingerprint density at radius 2 is 1.81 bits per heavy atom. The minimum atomic E-state index is -0.277. The van der Waals surface area contributed by atoms with Gasteiger partial charge in [-0.05, 0) is 20.8 Å². The third kappa shape index (κ3) is 3.42. The molecular weight excluding hydrogens is 208 g/mol. The van der Waals surface area contributed by atoms with E-state index in [1.807, 2.05) is 20.8 Å². The molecule has 0 aromatic rings. The van der Waals surface area contributed by atoms with E-state index in [0.29, 0.717) is 33.0 Å². The van der Waals surface area contributed by atoms with Crippen LogP contribution in [0.2, 0.25) is 0 Å². The maximum Gasteiger partial charge on any atom is 0.122 e. The zero-order valence-electron chi connectivity index (χ0n) is 10.7. The van der Waals surface area contributed by atoms with Crippen LogP contribution in [-0.2, 0) is 18.9 Å². The number of ether oxygens (including phenoxy) is 4. The molecule has 1 saturated heterocycles. The van der Waals surface area contributed by atoms with Crippen molar-refractivity contribution >= 4 is 0 Å². The zero-order valence-corrected chi connectivity index (χ0v) is 10.7. The highest BCUT2D eigenvalue weighted by atomic mass is 16.6. The minimum absolute atomic E-state index is 0.0160. The molecule has 96 valence electrons. The van der Waals surface area contributed by atoms with Gasteiger partial charge in [-0.15, -0.1) is 0 Å². The van der Waals surface area contributed by atoms with Crippen LogP contribution in [0.1, 0.15) is 27.2 Å². The van der Waals surface area contributed by atoms with Gasteiger partial charge >= 0.3 is 0 Å². The van der Waals surface area contributed by atoms with Gasteiger partial charge in [0.1, 0.15) is 11.7 Å². The van der Waals surface area contributed by atoms with Crippen LogP contribution in [0.25, 0.3) is 0 Å². The van der Waals surface area contributed by atoms with Gasteiger partial charge in [0.05, 0.1) is 19.8 Å². The fourth-order valence-corrected chi connectivity index (χ4v) is 1.88. The van der Waals surface area contributed by atoms with Crippen LogP contribution in [0.15, 0.2) is 0 Å². The molecule has 0 spiro atoms. The van der Waals surface area contributed by atoms with E-state index in [0.717, 1.165) is 13.0 Å². The van der Waals surface area contributed by atoms with Crippen molar-refractivity contribution in [1.29, 1.82) is 0 Å². The van der Waals surface area contributed by atoms with Crippen molar-refractivity contribution < 1.29 is 18.9 Å². The largest absolute Gasteiger partial charge is 0.379 e. The van der Waals surface area contributed by atoms with E-state index in [1.54, 1.807) is 0 Å². The average Bonchev–Trinajstić information content (AvgIpc) is 2.24. The van der Waals surface area contributed by atoms with E-state index in [1.165, 1.54) is 0 Å². The van der Waals surface area contributed by atoms with Crippen LogP contribution >= 0.6 is 0 Å². The molecule has 16 heavy (non-hydrogen) atoms. The molecule has 2 unspecified atom stereocenters. The predicted molar refractivity (Wildman–Crippen MR) is 61.7 cm³/mol. The summed E-state index contributed by atoms with van der Waals surface area (Å²) in [6.07, 6.45) is 0.975. The Morgan fingerprint density at radius 3 is 2.25 bits per heavy atom. The second kappa shape index (κ2) is 7.22. The van der Waals surface area contributed by atoms with E-state index < -0.39 is 0 Å². The monoisotopic (exact) mass is 232 g/mol.